The van der Waals surface area contributed by atoms with Crippen molar-refractivity contribution in [1.29, 1.82) is 0 Å². The second-order valence-corrected chi connectivity index (χ2v) is 3.34. The van der Waals surface area contributed by atoms with E-state index >= 15 is 0 Å². The average Bonchev–Trinajstić information content (AvgIpc) is 2.28. The van der Waals surface area contributed by atoms with Crippen LogP contribution in [-0.2, 0) is 0 Å². The van der Waals surface area contributed by atoms with Gasteiger partial charge in [0.2, 0.25) is 0 Å². The first-order valence-electron chi connectivity index (χ1n) is 4.80. The lowest BCUT2D eigenvalue weighted by atomic mass is 10.2. The van der Waals surface area contributed by atoms with Gasteiger partial charge in [-0.15, -0.1) is 10.2 Å². The zero-order valence-corrected chi connectivity index (χ0v) is 8.83. The molecule has 0 amide bonds. The molecule has 5 nitrogen and oxygen atoms in total. The van der Waals surface area contributed by atoms with Crippen LogP contribution < -0.4 is 5.73 Å². The van der Waals surface area contributed by atoms with E-state index in [-0.39, 0.29) is 0 Å². The molecule has 80 valence electrons. The number of azo groups is 1. The van der Waals surface area contributed by atoms with Crippen LogP contribution in [0, 0.1) is 6.92 Å². The normalized spacial score (nSPS) is 10.8. The number of aromatic nitrogens is 2. The van der Waals surface area contributed by atoms with Crippen LogP contribution in [0.4, 0.5) is 17.3 Å². The third-order valence-corrected chi connectivity index (χ3v) is 1.93. The Bertz CT molecular complexity index is 504. The van der Waals surface area contributed by atoms with Crippen molar-refractivity contribution < 1.29 is 0 Å². The van der Waals surface area contributed by atoms with Gasteiger partial charge in [0, 0.05) is 0 Å². The number of hydrogen-bond donors (Lipinski definition) is 1. The molecule has 1 aromatic heterocycles. The Hall–Kier alpha value is -2.30. The van der Waals surface area contributed by atoms with E-state index in [1.54, 1.807) is 0 Å². The molecule has 0 aliphatic carbocycles. The molecule has 0 aliphatic heterocycles. The van der Waals surface area contributed by atoms with Gasteiger partial charge in [0.15, 0.2) is 5.82 Å². The second kappa shape index (κ2) is 4.48. The fourth-order valence-electron chi connectivity index (χ4n) is 1.18. The molecular weight excluding hydrogens is 202 g/mol. The quantitative estimate of drug-likeness (QED) is 0.779. The van der Waals surface area contributed by atoms with Gasteiger partial charge in [-0.3, -0.25) is 0 Å². The van der Waals surface area contributed by atoms with Crippen molar-refractivity contribution in [3.8, 4) is 0 Å². The molecule has 1 aromatic carbocycles. The van der Waals surface area contributed by atoms with Crippen LogP contribution in [0.25, 0.3) is 0 Å². The number of nitrogens with two attached hydrogens (primary N) is 1. The Morgan fingerprint density at radius 3 is 2.69 bits per heavy atom. The summed E-state index contributed by atoms with van der Waals surface area (Å²) in [5.74, 6) is 0.810. The highest BCUT2D eigenvalue weighted by Crippen LogP contribution is 2.16. The topological polar surface area (TPSA) is 76.5 Å². The summed E-state index contributed by atoms with van der Waals surface area (Å²) in [6.45, 7) is 2.00. The van der Waals surface area contributed by atoms with E-state index in [0.717, 1.165) is 11.3 Å². The maximum Gasteiger partial charge on any atom is 0.193 e. The third kappa shape index (κ3) is 2.60. The minimum absolute atomic E-state index is 0.370. The van der Waals surface area contributed by atoms with Crippen molar-refractivity contribution in [2.45, 2.75) is 6.92 Å². The Labute approximate surface area is 93.1 Å². The van der Waals surface area contributed by atoms with Crippen LogP contribution in [0.1, 0.15) is 5.56 Å². The van der Waals surface area contributed by atoms with Gasteiger partial charge in [-0.05, 0) is 24.6 Å². The van der Waals surface area contributed by atoms with Crippen LogP contribution in [0.5, 0.6) is 0 Å². The summed E-state index contributed by atoms with van der Waals surface area (Å²) in [4.78, 5) is 7.84. The molecule has 0 fully saturated rings. The largest absolute Gasteiger partial charge is 0.382 e. The molecule has 1 heterocycles. The first-order valence-corrected chi connectivity index (χ1v) is 4.80. The van der Waals surface area contributed by atoms with Gasteiger partial charge in [-0.1, -0.05) is 12.1 Å². The predicted molar refractivity (Wildman–Crippen MR) is 61.8 cm³/mol. The SMILES string of the molecule is Cc1cccc(N=Nc2cnc(N)cn2)c1. The molecule has 2 aromatic rings. The number of anilines is 1. The molecule has 0 unspecified atom stereocenters. The molecule has 0 radical (unpaired) electrons. The highest BCUT2D eigenvalue weighted by molar-refractivity contribution is 5.40. The summed E-state index contributed by atoms with van der Waals surface area (Å²) < 4.78 is 0. The highest BCUT2D eigenvalue weighted by atomic mass is 15.2. The van der Waals surface area contributed by atoms with E-state index in [4.69, 9.17) is 5.73 Å². The zero-order chi connectivity index (χ0) is 11.4. The monoisotopic (exact) mass is 213 g/mol. The molecule has 2 rings (SSSR count). The van der Waals surface area contributed by atoms with E-state index in [1.807, 2.05) is 31.2 Å². The van der Waals surface area contributed by atoms with Gasteiger partial charge in [0.05, 0.1) is 18.1 Å². The van der Waals surface area contributed by atoms with Crippen molar-refractivity contribution in [2.24, 2.45) is 10.2 Å². The van der Waals surface area contributed by atoms with Crippen LogP contribution in [0.15, 0.2) is 46.9 Å². The molecule has 16 heavy (non-hydrogen) atoms. The molecular formula is C11H11N5. The summed E-state index contributed by atoms with van der Waals surface area (Å²) in [7, 11) is 0. The van der Waals surface area contributed by atoms with Gasteiger partial charge in [0.25, 0.3) is 0 Å². The lowest BCUT2D eigenvalue weighted by Gasteiger charge is -1.94. The first-order chi connectivity index (χ1) is 7.74. The smallest absolute Gasteiger partial charge is 0.193 e. The maximum absolute atomic E-state index is 5.41. The fourth-order valence-corrected chi connectivity index (χ4v) is 1.18. The van der Waals surface area contributed by atoms with Crippen molar-refractivity contribution in [1.82, 2.24) is 9.97 Å². The summed E-state index contributed by atoms with van der Waals surface area (Å²) in [6.07, 6.45) is 2.93. The third-order valence-electron chi connectivity index (χ3n) is 1.93. The van der Waals surface area contributed by atoms with Crippen molar-refractivity contribution in [2.75, 3.05) is 5.73 Å². The van der Waals surface area contributed by atoms with Crippen LogP contribution >= 0.6 is 0 Å². The second-order valence-electron chi connectivity index (χ2n) is 3.34. The van der Waals surface area contributed by atoms with Gasteiger partial charge in [-0.2, -0.15) is 0 Å². The van der Waals surface area contributed by atoms with Crippen LogP contribution in [0.3, 0.4) is 0 Å². The van der Waals surface area contributed by atoms with Gasteiger partial charge >= 0.3 is 0 Å². The van der Waals surface area contributed by atoms with Crippen LogP contribution in [-0.4, -0.2) is 9.97 Å². The summed E-state index contributed by atoms with van der Waals surface area (Å²) >= 11 is 0. The zero-order valence-electron chi connectivity index (χ0n) is 8.83. The number of hydrogen-bond acceptors (Lipinski definition) is 5. The van der Waals surface area contributed by atoms with E-state index in [2.05, 4.69) is 20.2 Å². The Morgan fingerprint density at radius 2 is 2.00 bits per heavy atom. The van der Waals surface area contributed by atoms with Crippen molar-refractivity contribution >= 4 is 17.3 Å². The summed E-state index contributed by atoms with van der Waals surface area (Å²) in [5, 5.41) is 8.00. The molecule has 0 atom stereocenters. The number of nitrogen functional groups attached to an aromatic ring is 1. The van der Waals surface area contributed by atoms with Crippen molar-refractivity contribution in [3.63, 3.8) is 0 Å². The maximum atomic E-state index is 5.41. The number of aryl methyl sites for hydroxylation is 1. The minimum atomic E-state index is 0.370. The number of benzene rings is 1. The van der Waals surface area contributed by atoms with E-state index in [1.165, 1.54) is 12.4 Å². The average molecular weight is 213 g/mol. The first kappa shape index (κ1) is 10.2. The van der Waals surface area contributed by atoms with Gasteiger partial charge in [0.1, 0.15) is 5.82 Å². The molecule has 0 bridgehead atoms. The molecule has 0 saturated heterocycles. The standard InChI is InChI=1S/C11H11N5/c1-8-3-2-4-9(5-8)15-16-11-7-13-10(12)6-14-11/h2-7H,1H3,(H2,12,13). The van der Waals surface area contributed by atoms with E-state index in [0.29, 0.717) is 11.6 Å². The molecule has 5 heteroatoms. The predicted octanol–water partition coefficient (Wildman–Crippen LogP) is 2.78. The molecule has 0 aliphatic rings. The Kier molecular flexibility index (Phi) is 2.86. The van der Waals surface area contributed by atoms with E-state index in [9.17, 15) is 0 Å². The lowest BCUT2D eigenvalue weighted by molar-refractivity contribution is 1.11. The molecule has 2 N–H and O–H groups in total. The Morgan fingerprint density at radius 1 is 1.12 bits per heavy atom. The van der Waals surface area contributed by atoms with Gasteiger partial charge < -0.3 is 5.73 Å². The Balaban J connectivity index is 2.18. The van der Waals surface area contributed by atoms with Gasteiger partial charge in [-0.25, -0.2) is 9.97 Å². The minimum Gasteiger partial charge on any atom is -0.382 e. The number of nitrogens with zero attached hydrogens (tertiary/aromatic N) is 4. The van der Waals surface area contributed by atoms with Crippen molar-refractivity contribution in [3.05, 3.63) is 42.2 Å². The molecule has 0 spiro atoms. The highest BCUT2D eigenvalue weighted by Gasteiger charge is 1.93. The molecule has 0 saturated carbocycles. The van der Waals surface area contributed by atoms with Crippen LogP contribution in [0.2, 0.25) is 0 Å². The lowest BCUT2D eigenvalue weighted by Crippen LogP contribution is -1.88. The summed E-state index contributed by atoms with van der Waals surface area (Å²) in [5.41, 5.74) is 7.34. The number of rotatable bonds is 2. The van der Waals surface area contributed by atoms with E-state index < -0.39 is 0 Å². The fraction of sp³-hybridized carbons (Fsp3) is 0.0909. The summed E-state index contributed by atoms with van der Waals surface area (Å²) in [6, 6.07) is 7.75.